The number of aromatic nitrogens is 2. The summed E-state index contributed by atoms with van der Waals surface area (Å²) in [7, 11) is 0. The average Bonchev–Trinajstić information content (AvgIpc) is 2.98. The number of nitriles is 1. The Balaban J connectivity index is 1.82. The minimum absolute atomic E-state index is 0.00384. The largest absolute Gasteiger partial charge is 0.477 e. The Bertz CT molecular complexity index is 925. The molecule has 0 aliphatic carbocycles. The molecule has 0 N–H and O–H groups in total. The number of nitrogens with zero attached hydrogens (tertiary/aromatic N) is 3. The van der Waals surface area contributed by atoms with Crippen LogP contribution in [-0.4, -0.2) is 22.0 Å². The van der Waals surface area contributed by atoms with Gasteiger partial charge in [0.25, 0.3) is 0 Å². The van der Waals surface area contributed by atoms with Crippen LogP contribution in [-0.2, 0) is 11.3 Å². The summed E-state index contributed by atoms with van der Waals surface area (Å²) in [5, 5.41) is 9.37. The van der Waals surface area contributed by atoms with Crippen LogP contribution in [0, 0.1) is 11.3 Å². The van der Waals surface area contributed by atoms with E-state index < -0.39 is 5.97 Å². The van der Waals surface area contributed by atoms with Crippen molar-refractivity contribution in [2.24, 2.45) is 0 Å². The van der Waals surface area contributed by atoms with E-state index in [0.717, 1.165) is 5.52 Å². The summed E-state index contributed by atoms with van der Waals surface area (Å²) in [6.45, 7) is 2.22. The van der Waals surface area contributed by atoms with E-state index in [0.29, 0.717) is 17.7 Å². The third-order valence-corrected chi connectivity index (χ3v) is 3.50. The number of hydrogen-bond donors (Lipinski definition) is 0. The highest BCUT2D eigenvalue weighted by molar-refractivity contribution is 5.91. The molecular formula is C18H15N3O3. The third-order valence-electron chi connectivity index (χ3n) is 3.50. The lowest BCUT2D eigenvalue weighted by molar-refractivity contribution is 0.0467. The van der Waals surface area contributed by atoms with Gasteiger partial charge in [0.2, 0.25) is 5.88 Å². The molecule has 0 radical (unpaired) electrons. The number of ether oxygens (including phenoxy) is 2. The molecule has 120 valence electrons. The molecule has 0 amide bonds. The van der Waals surface area contributed by atoms with E-state index in [9.17, 15) is 10.1 Å². The molecule has 0 saturated heterocycles. The van der Waals surface area contributed by atoms with Crippen LogP contribution in [0.1, 0.15) is 28.4 Å². The van der Waals surface area contributed by atoms with Gasteiger partial charge in [-0.15, -0.1) is 0 Å². The number of fused-ring (bicyclic) bond motifs is 1. The van der Waals surface area contributed by atoms with E-state index in [-0.39, 0.29) is 18.1 Å². The number of carbonyl (C=O) groups excluding carboxylic acids is 1. The lowest BCUT2D eigenvalue weighted by atomic mass is 10.2. The van der Waals surface area contributed by atoms with Crippen molar-refractivity contribution in [2.75, 3.05) is 6.61 Å². The molecule has 0 aromatic carbocycles. The summed E-state index contributed by atoms with van der Waals surface area (Å²) >= 11 is 0. The topological polar surface area (TPSA) is 76.6 Å². The van der Waals surface area contributed by atoms with E-state index in [1.54, 1.807) is 24.5 Å². The number of hydrogen-bond acceptors (Lipinski definition) is 5. The number of esters is 1. The maximum Gasteiger partial charge on any atom is 0.343 e. The van der Waals surface area contributed by atoms with Gasteiger partial charge in [0.15, 0.2) is 0 Å². The lowest BCUT2D eigenvalue weighted by Crippen LogP contribution is -2.09. The molecule has 0 spiro atoms. The molecule has 0 bridgehead atoms. The molecule has 3 aromatic rings. The van der Waals surface area contributed by atoms with Crippen LogP contribution in [0.2, 0.25) is 0 Å². The molecule has 0 atom stereocenters. The van der Waals surface area contributed by atoms with Crippen molar-refractivity contribution in [3.8, 4) is 11.9 Å². The van der Waals surface area contributed by atoms with Crippen molar-refractivity contribution < 1.29 is 14.3 Å². The van der Waals surface area contributed by atoms with Gasteiger partial charge in [-0.1, -0.05) is 6.07 Å². The first-order valence-corrected chi connectivity index (χ1v) is 7.48. The van der Waals surface area contributed by atoms with Gasteiger partial charge in [0.1, 0.15) is 18.2 Å². The molecule has 3 rings (SSSR count). The van der Waals surface area contributed by atoms with Gasteiger partial charge in [-0.25, -0.2) is 9.78 Å². The monoisotopic (exact) mass is 321 g/mol. The highest BCUT2D eigenvalue weighted by Crippen LogP contribution is 2.20. The summed E-state index contributed by atoms with van der Waals surface area (Å²) in [5.74, 6) is -0.293. The fraction of sp³-hybridized carbons (Fsp3) is 0.167. The molecule has 0 aliphatic heterocycles. The van der Waals surface area contributed by atoms with Crippen LogP contribution < -0.4 is 4.74 Å². The smallest absolute Gasteiger partial charge is 0.343 e. The zero-order valence-corrected chi connectivity index (χ0v) is 13.1. The Hall–Kier alpha value is -3.33. The Morgan fingerprint density at radius 3 is 3.00 bits per heavy atom. The standard InChI is InChI=1S/C18H15N3O3/c1-2-23-17-14(6-5-8-20-17)18(22)24-12-13-11-21-9-4-3-7-16(21)15(13)10-19/h3-9,11H,2,12H2,1H3. The van der Waals surface area contributed by atoms with Crippen molar-refractivity contribution in [1.82, 2.24) is 9.38 Å². The Kier molecular flexibility index (Phi) is 4.43. The molecule has 0 saturated carbocycles. The Morgan fingerprint density at radius 1 is 1.33 bits per heavy atom. The minimum atomic E-state index is -0.536. The second kappa shape index (κ2) is 6.84. The molecule has 6 heteroatoms. The molecule has 24 heavy (non-hydrogen) atoms. The van der Waals surface area contributed by atoms with Crippen LogP contribution >= 0.6 is 0 Å². The second-order valence-corrected chi connectivity index (χ2v) is 5.00. The Labute approximate surface area is 138 Å². The van der Waals surface area contributed by atoms with Crippen LogP contribution in [0.3, 0.4) is 0 Å². The number of pyridine rings is 2. The summed E-state index contributed by atoms with van der Waals surface area (Å²) in [5.41, 5.74) is 2.20. The molecule has 6 nitrogen and oxygen atoms in total. The maximum absolute atomic E-state index is 12.3. The van der Waals surface area contributed by atoms with E-state index in [1.165, 1.54) is 0 Å². The first-order chi connectivity index (χ1) is 11.7. The number of rotatable bonds is 5. The Morgan fingerprint density at radius 2 is 2.21 bits per heavy atom. The van der Waals surface area contributed by atoms with Crippen LogP contribution in [0.5, 0.6) is 5.88 Å². The van der Waals surface area contributed by atoms with Crippen molar-refractivity contribution in [2.45, 2.75) is 13.5 Å². The molecule has 3 heterocycles. The first kappa shape index (κ1) is 15.6. The van der Waals surface area contributed by atoms with Gasteiger partial charge in [-0.2, -0.15) is 5.26 Å². The predicted molar refractivity (Wildman–Crippen MR) is 86.6 cm³/mol. The summed E-state index contributed by atoms with van der Waals surface area (Å²) in [6, 6.07) is 11.0. The van der Waals surface area contributed by atoms with E-state index in [4.69, 9.17) is 9.47 Å². The summed E-state index contributed by atoms with van der Waals surface area (Å²) < 4.78 is 12.5. The number of carbonyl (C=O) groups is 1. The highest BCUT2D eigenvalue weighted by Gasteiger charge is 2.17. The molecule has 0 unspecified atom stereocenters. The van der Waals surface area contributed by atoms with Crippen molar-refractivity contribution in [1.29, 1.82) is 5.26 Å². The average molecular weight is 321 g/mol. The molecular weight excluding hydrogens is 306 g/mol. The van der Waals surface area contributed by atoms with Crippen molar-refractivity contribution >= 4 is 11.5 Å². The van der Waals surface area contributed by atoms with Gasteiger partial charge in [-0.3, -0.25) is 0 Å². The van der Waals surface area contributed by atoms with Gasteiger partial charge in [-0.05, 0) is 31.2 Å². The van der Waals surface area contributed by atoms with Crippen molar-refractivity contribution in [3.63, 3.8) is 0 Å². The van der Waals surface area contributed by atoms with Crippen molar-refractivity contribution in [3.05, 3.63) is 65.6 Å². The fourth-order valence-corrected chi connectivity index (χ4v) is 2.43. The van der Waals surface area contributed by atoms with Crippen LogP contribution in [0.25, 0.3) is 5.52 Å². The SMILES string of the molecule is CCOc1ncccc1C(=O)OCc1cn2ccccc2c1C#N. The van der Waals surface area contributed by atoms with Crippen LogP contribution in [0.15, 0.2) is 48.9 Å². The molecule has 3 aromatic heterocycles. The van der Waals surface area contributed by atoms with E-state index in [1.807, 2.05) is 35.7 Å². The van der Waals surface area contributed by atoms with Gasteiger partial charge in [0.05, 0.1) is 17.7 Å². The summed E-state index contributed by atoms with van der Waals surface area (Å²) in [6.07, 6.45) is 5.18. The van der Waals surface area contributed by atoms with E-state index >= 15 is 0 Å². The minimum Gasteiger partial charge on any atom is -0.477 e. The van der Waals surface area contributed by atoms with E-state index in [2.05, 4.69) is 11.1 Å². The predicted octanol–water partition coefficient (Wildman–Crippen LogP) is 2.96. The first-order valence-electron chi connectivity index (χ1n) is 7.48. The lowest BCUT2D eigenvalue weighted by Gasteiger charge is -2.08. The zero-order valence-electron chi connectivity index (χ0n) is 13.1. The maximum atomic E-state index is 12.3. The molecule has 0 aliphatic rings. The highest BCUT2D eigenvalue weighted by atomic mass is 16.5. The van der Waals surface area contributed by atoms with Gasteiger partial charge >= 0.3 is 5.97 Å². The fourth-order valence-electron chi connectivity index (χ4n) is 2.43. The van der Waals surface area contributed by atoms with Crippen LogP contribution in [0.4, 0.5) is 0 Å². The quantitative estimate of drug-likeness (QED) is 0.675. The summed E-state index contributed by atoms with van der Waals surface area (Å²) in [4.78, 5) is 16.3. The third kappa shape index (κ3) is 2.92. The molecule has 0 fully saturated rings. The van der Waals surface area contributed by atoms with Gasteiger partial charge in [0, 0.05) is 24.2 Å². The second-order valence-electron chi connectivity index (χ2n) is 5.00. The normalized spacial score (nSPS) is 10.3. The van der Waals surface area contributed by atoms with Gasteiger partial charge < -0.3 is 13.9 Å². The zero-order chi connectivity index (χ0) is 16.9.